The van der Waals surface area contributed by atoms with Crippen LogP contribution >= 0.6 is 11.3 Å². The van der Waals surface area contributed by atoms with Crippen LogP contribution in [-0.4, -0.2) is 33.6 Å². The van der Waals surface area contributed by atoms with E-state index < -0.39 is 11.9 Å². The number of carbonyl (C=O) groups excluding carboxylic acids is 2. The summed E-state index contributed by atoms with van der Waals surface area (Å²) in [6.45, 7) is 4.10. The molecule has 7 nitrogen and oxygen atoms in total. The number of methoxy groups -OCH3 is 1. The van der Waals surface area contributed by atoms with Crippen molar-refractivity contribution in [2.75, 3.05) is 12.4 Å². The Morgan fingerprint density at radius 1 is 1.10 bits per heavy atom. The number of amides is 1. The van der Waals surface area contributed by atoms with E-state index in [1.807, 2.05) is 5.38 Å². The van der Waals surface area contributed by atoms with Gasteiger partial charge in [-0.15, -0.1) is 16.4 Å². The van der Waals surface area contributed by atoms with Gasteiger partial charge in [0.05, 0.1) is 23.9 Å². The molecular formula is C21H18N4O3S. The van der Waals surface area contributed by atoms with Gasteiger partial charge in [0, 0.05) is 10.9 Å². The first-order valence-corrected chi connectivity index (χ1v) is 9.76. The van der Waals surface area contributed by atoms with Crippen molar-refractivity contribution in [1.29, 1.82) is 0 Å². The molecule has 0 aliphatic rings. The fourth-order valence-electron chi connectivity index (χ4n) is 3.16. The molecule has 2 aromatic heterocycles. The van der Waals surface area contributed by atoms with Gasteiger partial charge in [0.15, 0.2) is 0 Å². The Bertz CT molecular complexity index is 1240. The van der Waals surface area contributed by atoms with Crippen LogP contribution in [0.3, 0.4) is 0 Å². The number of rotatable bonds is 4. The highest BCUT2D eigenvalue weighted by atomic mass is 32.1. The minimum absolute atomic E-state index is 0.174. The molecule has 146 valence electrons. The van der Waals surface area contributed by atoms with Gasteiger partial charge in [-0.05, 0) is 31.5 Å². The molecule has 8 heteroatoms. The number of hydrogen-bond acceptors (Lipinski definition) is 6. The standard InChI is InChI=1S/C21H18N4O3S/c1-12-8-9-14(13(2)10-12)17-11-29-21-23-20(24-25(17)21)22-18(26)15-6-4-5-7-16(15)19(27)28-3/h4-11H,1-3H3,(H,22,24,26). The van der Waals surface area contributed by atoms with Crippen LogP contribution in [-0.2, 0) is 4.74 Å². The number of nitrogens with one attached hydrogen (secondary N) is 1. The van der Waals surface area contributed by atoms with E-state index in [0.29, 0.717) is 4.96 Å². The molecule has 0 saturated carbocycles. The van der Waals surface area contributed by atoms with Crippen LogP contribution in [0.4, 0.5) is 5.95 Å². The number of aromatic nitrogens is 3. The average molecular weight is 406 g/mol. The molecule has 29 heavy (non-hydrogen) atoms. The molecule has 4 aromatic rings. The summed E-state index contributed by atoms with van der Waals surface area (Å²) < 4.78 is 6.46. The van der Waals surface area contributed by atoms with Gasteiger partial charge in [-0.2, -0.15) is 4.98 Å². The molecule has 0 aliphatic heterocycles. The lowest BCUT2D eigenvalue weighted by atomic mass is 10.0. The van der Waals surface area contributed by atoms with Crippen LogP contribution in [0.15, 0.2) is 47.8 Å². The number of ether oxygens (including phenoxy) is 1. The molecule has 2 heterocycles. The summed E-state index contributed by atoms with van der Waals surface area (Å²) in [5.41, 5.74) is 4.68. The molecule has 1 amide bonds. The van der Waals surface area contributed by atoms with Crippen LogP contribution in [0.25, 0.3) is 16.2 Å². The summed E-state index contributed by atoms with van der Waals surface area (Å²) in [5.74, 6) is -0.878. The van der Waals surface area contributed by atoms with Gasteiger partial charge >= 0.3 is 5.97 Å². The maximum atomic E-state index is 12.7. The molecule has 1 N–H and O–H groups in total. The van der Waals surface area contributed by atoms with Crippen molar-refractivity contribution in [3.05, 3.63) is 70.1 Å². The highest BCUT2D eigenvalue weighted by molar-refractivity contribution is 7.15. The third-order valence-corrected chi connectivity index (χ3v) is 5.36. The zero-order valence-electron chi connectivity index (χ0n) is 16.1. The number of benzene rings is 2. The summed E-state index contributed by atoms with van der Waals surface area (Å²) in [6, 6.07) is 12.7. The molecule has 0 saturated heterocycles. The molecular weight excluding hydrogens is 388 g/mol. The van der Waals surface area contributed by atoms with Crippen LogP contribution in [0.2, 0.25) is 0 Å². The molecule has 0 spiro atoms. The zero-order chi connectivity index (χ0) is 20.5. The first kappa shape index (κ1) is 18.8. The van der Waals surface area contributed by atoms with Gasteiger partial charge in [0.25, 0.3) is 11.9 Å². The van der Waals surface area contributed by atoms with E-state index in [9.17, 15) is 9.59 Å². The van der Waals surface area contributed by atoms with Gasteiger partial charge in [-0.25, -0.2) is 9.31 Å². The number of nitrogens with zero attached hydrogens (tertiary/aromatic N) is 3. The number of carbonyl (C=O) groups is 2. The second kappa shape index (κ2) is 7.48. The van der Waals surface area contributed by atoms with Gasteiger partial charge in [-0.3, -0.25) is 10.1 Å². The number of fused-ring (bicyclic) bond motifs is 1. The molecule has 0 atom stereocenters. The van der Waals surface area contributed by atoms with E-state index in [-0.39, 0.29) is 17.1 Å². The van der Waals surface area contributed by atoms with Crippen molar-refractivity contribution < 1.29 is 14.3 Å². The quantitative estimate of drug-likeness (QED) is 0.516. The molecule has 0 aliphatic carbocycles. The Balaban J connectivity index is 1.66. The summed E-state index contributed by atoms with van der Waals surface area (Å²) in [5, 5.41) is 9.10. The molecule has 0 bridgehead atoms. The molecule has 2 aromatic carbocycles. The number of hydrogen-bond donors (Lipinski definition) is 1. The SMILES string of the molecule is COC(=O)c1ccccc1C(=O)Nc1nc2scc(-c3ccc(C)cc3C)n2n1. The summed E-state index contributed by atoms with van der Waals surface area (Å²) in [6.07, 6.45) is 0. The third-order valence-electron chi connectivity index (χ3n) is 4.54. The minimum Gasteiger partial charge on any atom is -0.465 e. The van der Waals surface area contributed by atoms with Crippen LogP contribution < -0.4 is 5.32 Å². The highest BCUT2D eigenvalue weighted by Gasteiger charge is 2.19. The van der Waals surface area contributed by atoms with Crippen molar-refractivity contribution in [3.63, 3.8) is 0 Å². The van der Waals surface area contributed by atoms with Crippen molar-refractivity contribution in [3.8, 4) is 11.3 Å². The van der Waals surface area contributed by atoms with Crippen molar-refractivity contribution >= 4 is 34.1 Å². The maximum Gasteiger partial charge on any atom is 0.338 e. The van der Waals surface area contributed by atoms with Gasteiger partial charge < -0.3 is 4.74 Å². The van der Waals surface area contributed by atoms with E-state index in [4.69, 9.17) is 4.74 Å². The summed E-state index contributed by atoms with van der Waals surface area (Å²) in [4.78, 5) is 29.7. The predicted molar refractivity (Wildman–Crippen MR) is 112 cm³/mol. The number of aryl methyl sites for hydroxylation is 2. The smallest absolute Gasteiger partial charge is 0.338 e. The fourth-order valence-corrected chi connectivity index (χ4v) is 3.98. The predicted octanol–water partition coefficient (Wildman–Crippen LogP) is 4.11. The third kappa shape index (κ3) is 3.50. The van der Waals surface area contributed by atoms with Crippen molar-refractivity contribution in [1.82, 2.24) is 14.6 Å². The fraction of sp³-hybridized carbons (Fsp3) is 0.143. The molecule has 0 fully saturated rings. The number of thiazole rings is 1. The topological polar surface area (TPSA) is 85.6 Å². The highest BCUT2D eigenvalue weighted by Crippen LogP contribution is 2.29. The molecule has 4 rings (SSSR count). The van der Waals surface area contributed by atoms with Crippen molar-refractivity contribution in [2.24, 2.45) is 0 Å². The Hall–Kier alpha value is -3.52. The van der Waals surface area contributed by atoms with Crippen molar-refractivity contribution in [2.45, 2.75) is 13.8 Å². The Kier molecular flexibility index (Phi) is 4.85. The second-order valence-electron chi connectivity index (χ2n) is 6.56. The Morgan fingerprint density at radius 3 is 2.59 bits per heavy atom. The number of anilines is 1. The lowest BCUT2D eigenvalue weighted by molar-refractivity contribution is 0.0597. The maximum absolute atomic E-state index is 12.7. The number of esters is 1. The summed E-state index contributed by atoms with van der Waals surface area (Å²) in [7, 11) is 1.27. The Morgan fingerprint density at radius 2 is 1.86 bits per heavy atom. The van der Waals surface area contributed by atoms with Gasteiger partial charge in [0.1, 0.15) is 0 Å². The first-order valence-electron chi connectivity index (χ1n) is 8.88. The van der Waals surface area contributed by atoms with E-state index in [2.05, 4.69) is 47.4 Å². The lowest BCUT2D eigenvalue weighted by Gasteiger charge is -2.07. The van der Waals surface area contributed by atoms with Crippen LogP contribution in [0.1, 0.15) is 31.8 Å². The summed E-state index contributed by atoms with van der Waals surface area (Å²) >= 11 is 1.44. The largest absolute Gasteiger partial charge is 0.465 e. The van der Waals surface area contributed by atoms with E-state index in [0.717, 1.165) is 16.8 Å². The second-order valence-corrected chi connectivity index (χ2v) is 7.40. The lowest BCUT2D eigenvalue weighted by Crippen LogP contribution is -2.17. The van der Waals surface area contributed by atoms with Crippen LogP contribution in [0.5, 0.6) is 0 Å². The normalized spacial score (nSPS) is 10.9. The average Bonchev–Trinajstić information content (AvgIpc) is 3.28. The van der Waals surface area contributed by atoms with Gasteiger partial charge in [-0.1, -0.05) is 35.9 Å². The monoisotopic (exact) mass is 406 g/mol. The van der Waals surface area contributed by atoms with Gasteiger partial charge in [0.2, 0.25) is 4.96 Å². The Labute approximate surface area is 171 Å². The zero-order valence-corrected chi connectivity index (χ0v) is 16.9. The molecule has 0 unspecified atom stereocenters. The minimum atomic E-state index is -0.577. The van der Waals surface area contributed by atoms with E-state index in [1.54, 1.807) is 22.7 Å². The molecule has 0 radical (unpaired) electrons. The van der Waals surface area contributed by atoms with E-state index in [1.165, 1.54) is 30.1 Å². The first-order chi connectivity index (χ1) is 14.0. The van der Waals surface area contributed by atoms with E-state index >= 15 is 0 Å². The van der Waals surface area contributed by atoms with Crippen LogP contribution in [0, 0.1) is 13.8 Å².